The van der Waals surface area contributed by atoms with Crippen LogP contribution >= 0.6 is 27.7 Å². The van der Waals surface area contributed by atoms with Gasteiger partial charge in [-0.15, -0.1) is 0 Å². The molecule has 0 radical (unpaired) electrons. The zero-order valence-electron chi connectivity index (χ0n) is 10.2. The number of rotatable bonds is 3. The fraction of sp³-hybridized carbons (Fsp3) is 0.462. The summed E-state index contributed by atoms with van der Waals surface area (Å²) in [6, 6.07) is 5.69. The van der Waals surface area contributed by atoms with Crippen molar-refractivity contribution in [1.82, 2.24) is 5.32 Å². The Balaban J connectivity index is 2.01. The van der Waals surface area contributed by atoms with Gasteiger partial charge in [0.05, 0.1) is 11.6 Å². The Morgan fingerprint density at radius 2 is 2.39 bits per heavy atom. The van der Waals surface area contributed by atoms with Crippen molar-refractivity contribution in [2.45, 2.75) is 18.9 Å². The van der Waals surface area contributed by atoms with E-state index in [9.17, 15) is 4.79 Å². The molecule has 0 bridgehead atoms. The summed E-state index contributed by atoms with van der Waals surface area (Å²) in [4.78, 5) is 12.1. The van der Waals surface area contributed by atoms with Gasteiger partial charge in [0, 0.05) is 17.4 Å². The van der Waals surface area contributed by atoms with E-state index in [4.69, 9.17) is 4.74 Å². The number of ether oxygens (including phenoxy) is 1. The molecule has 3 nitrogen and oxygen atoms in total. The van der Waals surface area contributed by atoms with Crippen molar-refractivity contribution in [3.63, 3.8) is 0 Å². The maximum Gasteiger partial charge on any atom is 0.251 e. The van der Waals surface area contributed by atoms with Crippen LogP contribution in [0, 0.1) is 0 Å². The molecule has 1 saturated heterocycles. The number of amides is 1. The topological polar surface area (TPSA) is 38.3 Å². The van der Waals surface area contributed by atoms with Crippen LogP contribution in [0.3, 0.4) is 0 Å². The molecular weight excluding hydrogens is 314 g/mol. The second-order valence-corrected chi connectivity index (χ2v) is 6.24. The lowest BCUT2D eigenvalue weighted by Gasteiger charge is -2.22. The van der Waals surface area contributed by atoms with Gasteiger partial charge in [-0.1, -0.05) is 0 Å². The first-order valence-corrected chi connectivity index (χ1v) is 7.87. The number of thioether (sulfide) groups is 1. The number of carbonyl (C=O) groups is 1. The van der Waals surface area contributed by atoms with Crippen LogP contribution in [0.2, 0.25) is 0 Å². The number of carbonyl (C=O) groups excluding carboxylic acids is 1. The van der Waals surface area contributed by atoms with E-state index < -0.39 is 0 Å². The molecule has 1 aliphatic rings. The van der Waals surface area contributed by atoms with Gasteiger partial charge in [0.2, 0.25) is 0 Å². The van der Waals surface area contributed by atoms with Gasteiger partial charge in [0.25, 0.3) is 5.91 Å². The maximum atomic E-state index is 12.1. The molecule has 1 aliphatic heterocycles. The van der Waals surface area contributed by atoms with E-state index in [1.165, 1.54) is 12.2 Å². The number of halogens is 1. The summed E-state index contributed by atoms with van der Waals surface area (Å²) in [7, 11) is 1.61. The minimum Gasteiger partial charge on any atom is -0.496 e. The van der Waals surface area contributed by atoms with Crippen molar-refractivity contribution in [2.75, 3.05) is 18.6 Å². The molecular formula is C13H16BrNO2S. The third-order valence-electron chi connectivity index (χ3n) is 2.91. The lowest BCUT2D eigenvalue weighted by molar-refractivity contribution is 0.0938. The number of methoxy groups -OCH3 is 1. The van der Waals surface area contributed by atoms with E-state index in [1.807, 2.05) is 11.8 Å². The highest BCUT2D eigenvalue weighted by Gasteiger charge is 2.17. The van der Waals surface area contributed by atoms with Gasteiger partial charge in [-0.05, 0) is 52.7 Å². The van der Waals surface area contributed by atoms with Crippen molar-refractivity contribution >= 4 is 33.6 Å². The molecule has 0 aliphatic carbocycles. The summed E-state index contributed by atoms with van der Waals surface area (Å²) in [6.07, 6.45) is 2.26. The molecule has 98 valence electrons. The van der Waals surface area contributed by atoms with Gasteiger partial charge in [-0.3, -0.25) is 4.79 Å². The Bertz CT molecular complexity index is 433. The van der Waals surface area contributed by atoms with Crippen LogP contribution in [0.4, 0.5) is 0 Å². The highest BCUT2D eigenvalue weighted by atomic mass is 79.9. The highest BCUT2D eigenvalue weighted by Crippen LogP contribution is 2.25. The molecule has 1 aromatic rings. The minimum atomic E-state index is -0.00847. The molecule has 1 fully saturated rings. The fourth-order valence-electron chi connectivity index (χ4n) is 1.93. The lowest BCUT2D eigenvalue weighted by atomic mass is 10.1. The molecule has 5 heteroatoms. The zero-order chi connectivity index (χ0) is 13.0. The first-order chi connectivity index (χ1) is 8.70. The Kier molecular flexibility index (Phi) is 4.95. The van der Waals surface area contributed by atoms with E-state index in [2.05, 4.69) is 21.2 Å². The molecule has 2 rings (SSSR count). The van der Waals surface area contributed by atoms with Gasteiger partial charge in [0.15, 0.2) is 0 Å². The third kappa shape index (κ3) is 3.42. The molecule has 1 heterocycles. The Morgan fingerprint density at radius 1 is 1.56 bits per heavy atom. The first kappa shape index (κ1) is 13.7. The van der Waals surface area contributed by atoms with Gasteiger partial charge >= 0.3 is 0 Å². The summed E-state index contributed by atoms with van der Waals surface area (Å²) >= 11 is 5.30. The summed E-state index contributed by atoms with van der Waals surface area (Å²) in [5.41, 5.74) is 0.665. The Morgan fingerprint density at radius 3 is 3.00 bits per heavy atom. The van der Waals surface area contributed by atoms with Crippen LogP contribution in [0.5, 0.6) is 5.75 Å². The first-order valence-electron chi connectivity index (χ1n) is 5.93. The number of nitrogens with one attached hydrogen (secondary N) is 1. The van der Waals surface area contributed by atoms with Crippen LogP contribution in [-0.4, -0.2) is 30.6 Å². The van der Waals surface area contributed by atoms with Gasteiger partial charge in [-0.25, -0.2) is 0 Å². The number of hydrogen-bond donors (Lipinski definition) is 1. The molecule has 1 N–H and O–H groups in total. The summed E-state index contributed by atoms with van der Waals surface area (Å²) in [5.74, 6) is 2.95. The molecule has 1 atom stereocenters. The van der Waals surface area contributed by atoms with Crippen LogP contribution in [0.15, 0.2) is 22.7 Å². The lowest BCUT2D eigenvalue weighted by Crippen LogP contribution is -2.38. The number of benzene rings is 1. The van der Waals surface area contributed by atoms with Crippen molar-refractivity contribution in [2.24, 2.45) is 0 Å². The molecule has 18 heavy (non-hydrogen) atoms. The summed E-state index contributed by atoms with van der Waals surface area (Å²) in [5, 5.41) is 3.08. The van der Waals surface area contributed by atoms with Crippen LogP contribution in [-0.2, 0) is 0 Å². The smallest absolute Gasteiger partial charge is 0.251 e. The maximum absolute atomic E-state index is 12.1. The average molecular weight is 330 g/mol. The molecule has 1 unspecified atom stereocenters. The summed E-state index contributed by atoms with van der Waals surface area (Å²) in [6.45, 7) is 0. The van der Waals surface area contributed by atoms with Gasteiger partial charge in [-0.2, -0.15) is 11.8 Å². The molecule has 0 saturated carbocycles. The van der Waals surface area contributed by atoms with Crippen molar-refractivity contribution < 1.29 is 9.53 Å². The van der Waals surface area contributed by atoms with Crippen LogP contribution in [0.1, 0.15) is 23.2 Å². The van der Waals surface area contributed by atoms with Crippen LogP contribution < -0.4 is 10.1 Å². The third-order valence-corrected chi connectivity index (χ3v) is 4.74. The quantitative estimate of drug-likeness (QED) is 0.926. The van der Waals surface area contributed by atoms with Crippen molar-refractivity contribution in [3.8, 4) is 5.75 Å². The van der Waals surface area contributed by atoms with E-state index in [0.29, 0.717) is 11.6 Å². The Hall–Kier alpha value is -0.680. The van der Waals surface area contributed by atoms with Crippen molar-refractivity contribution in [1.29, 1.82) is 0 Å². The zero-order valence-corrected chi connectivity index (χ0v) is 12.6. The van der Waals surface area contributed by atoms with E-state index in [0.717, 1.165) is 22.4 Å². The summed E-state index contributed by atoms with van der Waals surface area (Å²) < 4.78 is 5.95. The molecule has 0 spiro atoms. The minimum absolute atomic E-state index is 0.00847. The highest BCUT2D eigenvalue weighted by molar-refractivity contribution is 9.10. The van der Waals surface area contributed by atoms with E-state index in [1.54, 1.807) is 25.3 Å². The largest absolute Gasteiger partial charge is 0.496 e. The van der Waals surface area contributed by atoms with E-state index in [-0.39, 0.29) is 5.91 Å². The second-order valence-electron chi connectivity index (χ2n) is 4.24. The van der Waals surface area contributed by atoms with E-state index >= 15 is 0 Å². The van der Waals surface area contributed by atoms with Gasteiger partial charge < -0.3 is 10.1 Å². The molecule has 1 aromatic carbocycles. The normalized spacial score (nSPS) is 19.3. The molecule has 0 aromatic heterocycles. The van der Waals surface area contributed by atoms with Gasteiger partial charge in [0.1, 0.15) is 5.75 Å². The fourth-order valence-corrected chi connectivity index (χ4v) is 3.54. The average Bonchev–Trinajstić information content (AvgIpc) is 2.39. The predicted molar refractivity (Wildman–Crippen MR) is 78.5 cm³/mol. The standard InChI is InChI=1S/C13H16BrNO2S/c1-17-12-5-4-9(7-11(12)14)13(16)15-10-3-2-6-18-8-10/h4-5,7,10H,2-3,6,8H2,1H3,(H,15,16). The Labute approximate surface area is 120 Å². The van der Waals surface area contributed by atoms with Crippen LogP contribution in [0.25, 0.3) is 0 Å². The predicted octanol–water partition coefficient (Wildman–Crippen LogP) is 3.08. The number of hydrogen-bond acceptors (Lipinski definition) is 3. The van der Waals surface area contributed by atoms with Crippen molar-refractivity contribution in [3.05, 3.63) is 28.2 Å². The SMILES string of the molecule is COc1ccc(C(=O)NC2CCCSC2)cc1Br. The molecule has 1 amide bonds. The second kappa shape index (κ2) is 6.48. The monoisotopic (exact) mass is 329 g/mol.